The van der Waals surface area contributed by atoms with Crippen LogP contribution in [0.2, 0.25) is 0 Å². The van der Waals surface area contributed by atoms with E-state index in [-0.39, 0.29) is 18.9 Å². The van der Waals surface area contributed by atoms with Gasteiger partial charge in [0.15, 0.2) is 12.6 Å². The Labute approximate surface area is 328 Å². The minimum atomic E-state index is -1.78. The van der Waals surface area contributed by atoms with E-state index in [2.05, 4.69) is 31.3 Å². The van der Waals surface area contributed by atoms with E-state index in [0.29, 0.717) is 6.42 Å². The highest BCUT2D eigenvalue weighted by Crippen LogP contribution is 2.29. The zero-order valence-electron chi connectivity index (χ0n) is 33.4. The van der Waals surface area contributed by atoms with Crippen LogP contribution < -0.4 is 5.32 Å². The molecular weight excluding hydrogens is 714 g/mol. The minimum absolute atomic E-state index is 0.256. The molecule has 12 atom stereocenters. The number of hydrogen-bond donors (Lipinski definition) is 9. The highest BCUT2D eigenvalue weighted by atomic mass is 16.7. The number of amides is 1. The minimum Gasteiger partial charge on any atom is -0.394 e. The van der Waals surface area contributed by atoms with Gasteiger partial charge in [0.05, 0.1) is 32.0 Å². The molecule has 14 nitrogen and oxygen atoms in total. The molecule has 0 radical (unpaired) electrons. The fourth-order valence-electron chi connectivity index (χ4n) is 6.81. The largest absolute Gasteiger partial charge is 0.394 e. The summed E-state index contributed by atoms with van der Waals surface area (Å²) < 4.78 is 22.5. The van der Waals surface area contributed by atoms with Gasteiger partial charge >= 0.3 is 0 Å². The van der Waals surface area contributed by atoms with Gasteiger partial charge in [0.1, 0.15) is 48.8 Å². The summed E-state index contributed by atoms with van der Waals surface area (Å²) in [5, 5.41) is 86.0. The van der Waals surface area contributed by atoms with Gasteiger partial charge in [-0.3, -0.25) is 4.79 Å². The van der Waals surface area contributed by atoms with E-state index in [4.69, 9.17) is 18.9 Å². The van der Waals surface area contributed by atoms with Gasteiger partial charge in [-0.1, -0.05) is 109 Å². The molecule has 0 aromatic heterocycles. The average molecular weight is 790 g/mol. The van der Waals surface area contributed by atoms with Gasteiger partial charge in [0, 0.05) is 6.42 Å². The lowest BCUT2D eigenvalue weighted by molar-refractivity contribution is -0.359. The third-order valence-corrected chi connectivity index (χ3v) is 10.4. The number of rotatable bonds is 30. The van der Waals surface area contributed by atoms with Crippen molar-refractivity contribution in [3.05, 3.63) is 24.3 Å². The maximum absolute atomic E-state index is 13.0. The molecule has 322 valence electrons. The van der Waals surface area contributed by atoms with Crippen LogP contribution in [-0.2, 0) is 23.7 Å². The van der Waals surface area contributed by atoms with E-state index in [9.17, 15) is 45.6 Å². The predicted molar refractivity (Wildman–Crippen MR) is 208 cm³/mol. The lowest BCUT2D eigenvalue weighted by Crippen LogP contribution is -2.65. The van der Waals surface area contributed by atoms with Crippen LogP contribution in [0.5, 0.6) is 0 Å². The molecule has 2 aliphatic rings. The number of aliphatic hydroxyl groups excluding tert-OH is 8. The molecule has 0 aromatic rings. The molecule has 14 heteroatoms. The van der Waals surface area contributed by atoms with Crippen LogP contribution in [0.3, 0.4) is 0 Å². The van der Waals surface area contributed by atoms with Crippen LogP contribution in [0.1, 0.15) is 136 Å². The van der Waals surface area contributed by atoms with Crippen molar-refractivity contribution in [3.63, 3.8) is 0 Å². The van der Waals surface area contributed by atoms with E-state index in [0.717, 1.165) is 70.6 Å². The molecule has 0 aromatic carbocycles. The summed E-state index contributed by atoms with van der Waals surface area (Å²) in [7, 11) is 0. The molecule has 9 N–H and O–H groups in total. The Bertz CT molecular complexity index is 1030. The monoisotopic (exact) mass is 790 g/mol. The molecule has 2 saturated heterocycles. The Morgan fingerprint density at radius 3 is 1.73 bits per heavy atom. The standard InChI is InChI=1S/C41H75NO13/c1-3-5-7-9-11-12-13-14-15-16-17-19-21-23-25-33(46)42-29(30(45)24-22-20-18-10-8-6-4-2)28-52-40-38(51)36(49)39(32(27-44)54-40)55-41-37(50)35(48)34(47)31(26-43)53-41/h13-14,22,24,29-32,34-41,43-45,47-51H,3-12,15-21,23,25-28H2,1-2H3,(H,42,46)/b14-13-,24-22+. The maximum atomic E-state index is 13.0. The average Bonchev–Trinajstić information content (AvgIpc) is 3.18. The molecule has 55 heavy (non-hydrogen) atoms. The molecule has 12 unspecified atom stereocenters. The third kappa shape index (κ3) is 18.7. The summed E-state index contributed by atoms with van der Waals surface area (Å²) in [6, 6.07) is -0.911. The lowest BCUT2D eigenvalue weighted by atomic mass is 9.97. The third-order valence-electron chi connectivity index (χ3n) is 10.4. The summed E-state index contributed by atoms with van der Waals surface area (Å²) in [6.07, 6.45) is 11.2. The van der Waals surface area contributed by atoms with Crippen molar-refractivity contribution in [2.45, 2.75) is 209 Å². The summed E-state index contributed by atoms with van der Waals surface area (Å²) in [4.78, 5) is 13.0. The number of ether oxygens (including phenoxy) is 4. The molecule has 2 heterocycles. The highest BCUT2D eigenvalue weighted by molar-refractivity contribution is 5.76. The Hall–Kier alpha value is -1.53. The number of aliphatic hydroxyl groups is 8. The van der Waals surface area contributed by atoms with Crippen LogP contribution in [0, 0.1) is 0 Å². The first-order chi connectivity index (χ1) is 26.6. The Kier molecular flexibility index (Phi) is 26.7. The van der Waals surface area contributed by atoms with E-state index in [1.165, 1.54) is 38.5 Å². The smallest absolute Gasteiger partial charge is 0.220 e. The fraction of sp³-hybridized carbons (Fsp3) is 0.878. The van der Waals surface area contributed by atoms with Crippen LogP contribution in [0.15, 0.2) is 24.3 Å². The van der Waals surface area contributed by atoms with Crippen LogP contribution in [0.25, 0.3) is 0 Å². The molecule has 0 spiro atoms. The van der Waals surface area contributed by atoms with Gasteiger partial charge in [0.25, 0.3) is 0 Å². The molecule has 2 aliphatic heterocycles. The van der Waals surface area contributed by atoms with Crippen molar-refractivity contribution in [2.75, 3.05) is 19.8 Å². The topological polar surface area (TPSA) is 228 Å². The first-order valence-electron chi connectivity index (χ1n) is 21.1. The van der Waals surface area contributed by atoms with Crippen molar-refractivity contribution >= 4 is 5.91 Å². The van der Waals surface area contributed by atoms with Crippen LogP contribution >= 0.6 is 0 Å². The summed E-state index contributed by atoms with van der Waals surface area (Å²) in [5.41, 5.74) is 0. The fourth-order valence-corrected chi connectivity index (χ4v) is 6.81. The van der Waals surface area contributed by atoms with Gasteiger partial charge in [-0.25, -0.2) is 0 Å². The van der Waals surface area contributed by atoms with Gasteiger partial charge in [-0.05, 0) is 44.9 Å². The first kappa shape index (κ1) is 49.6. The van der Waals surface area contributed by atoms with E-state index in [1.54, 1.807) is 6.08 Å². The molecule has 1 amide bonds. The molecule has 0 bridgehead atoms. The number of unbranched alkanes of at least 4 members (excludes halogenated alkanes) is 15. The zero-order valence-corrected chi connectivity index (χ0v) is 33.4. The van der Waals surface area contributed by atoms with Gasteiger partial charge in [-0.2, -0.15) is 0 Å². The van der Waals surface area contributed by atoms with E-state index >= 15 is 0 Å². The molecular formula is C41H75NO13. The van der Waals surface area contributed by atoms with Crippen molar-refractivity contribution < 1.29 is 64.6 Å². The second kappa shape index (κ2) is 29.6. The summed E-state index contributed by atoms with van der Waals surface area (Å²) in [6.45, 7) is 2.66. The summed E-state index contributed by atoms with van der Waals surface area (Å²) in [5.74, 6) is -0.256. The van der Waals surface area contributed by atoms with Crippen LogP contribution in [0.4, 0.5) is 0 Å². The number of carbonyl (C=O) groups excluding carboxylic acids is 1. The van der Waals surface area contributed by atoms with Gasteiger partial charge in [-0.15, -0.1) is 0 Å². The number of nitrogens with one attached hydrogen (secondary N) is 1. The molecule has 0 saturated carbocycles. The normalized spacial score (nSPS) is 29.9. The predicted octanol–water partition coefficient (Wildman–Crippen LogP) is 3.04. The Balaban J connectivity index is 1.90. The molecule has 0 aliphatic carbocycles. The number of carbonyl (C=O) groups is 1. The Morgan fingerprint density at radius 1 is 0.636 bits per heavy atom. The van der Waals surface area contributed by atoms with Crippen molar-refractivity contribution in [3.8, 4) is 0 Å². The Morgan fingerprint density at radius 2 is 1.15 bits per heavy atom. The SMILES string of the molecule is CCCCCCC/C=C\CCCCCCCC(=O)NC(COC1OC(CO)C(OC2OC(CO)C(O)C(O)C2O)C(O)C1O)C(O)/C=C/CCCCCCC. The summed E-state index contributed by atoms with van der Waals surface area (Å²) >= 11 is 0. The first-order valence-corrected chi connectivity index (χ1v) is 21.1. The molecule has 2 rings (SSSR count). The van der Waals surface area contributed by atoms with Crippen molar-refractivity contribution in [2.24, 2.45) is 0 Å². The van der Waals surface area contributed by atoms with Crippen molar-refractivity contribution in [1.29, 1.82) is 0 Å². The molecule has 2 fully saturated rings. The van der Waals surface area contributed by atoms with E-state index in [1.807, 2.05) is 6.08 Å². The van der Waals surface area contributed by atoms with Gasteiger partial charge in [0.2, 0.25) is 5.91 Å². The van der Waals surface area contributed by atoms with E-state index < -0.39 is 86.8 Å². The quantitative estimate of drug-likeness (QED) is 0.0377. The number of allylic oxidation sites excluding steroid dienone is 3. The number of hydrogen-bond acceptors (Lipinski definition) is 13. The second-order valence-electron chi connectivity index (χ2n) is 15.1. The zero-order chi connectivity index (χ0) is 40.4. The second-order valence-corrected chi connectivity index (χ2v) is 15.1. The highest BCUT2D eigenvalue weighted by Gasteiger charge is 2.50. The van der Waals surface area contributed by atoms with Crippen LogP contribution in [-0.4, -0.2) is 140 Å². The lowest BCUT2D eigenvalue weighted by Gasteiger charge is -2.46. The van der Waals surface area contributed by atoms with Crippen molar-refractivity contribution in [1.82, 2.24) is 5.32 Å². The van der Waals surface area contributed by atoms with Gasteiger partial charge < -0.3 is 65.1 Å². The maximum Gasteiger partial charge on any atom is 0.220 e.